The Morgan fingerprint density at radius 2 is 2.00 bits per heavy atom. The highest BCUT2D eigenvalue weighted by atomic mass is 16.2. The number of nitrogens with two attached hydrogens (primary N) is 1. The summed E-state index contributed by atoms with van der Waals surface area (Å²) in [5.74, 6) is -0.129. The molecule has 0 bridgehead atoms. The van der Waals surface area contributed by atoms with Crippen LogP contribution < -0.4 is 11.1 Å². The molecule has 4 heteroatoms. The first-order valence-electron chi connectivity index (χ1n) is 7.14. The Bertz CT molecular complexity index is 584. The van der Waals surface area contributed by atoms with E-state index in [2.05, 4.69) is 10.3 Å². The molecule has 21 heavy (non-hydrogen) atoms. The number of amides is 1. The Morgan fingerprint density at radius 1 is 1.24 bits per heavy atom. The molecule has 1 aromatic heterocycles. The molecular formula is C17H21N3O. The molecule has 4 nitrogen and oxygen atoms in total. The number of pyridine rings is 1. The van der Waals surface area contributed by atoms with Crippen LogP contribution in [0.5, 0.6) is 0 Å². The van der Waals surface area contributed by atoms with Gasteiger partial charge in [0.05, 0.1) is 18.3 Å². The number of benzene rings is 1. The number of rotatable bonds is 6. The number of nitrogens with one attached hydrogen (secondary N) is 1. The Hall–Kier alpha value is -2.20. The summed E-state index contributed by atoms with van der Waals surface area (Å²) in [6.45, 7) is 2.40. The minimum absolute atomic E-state index is 0.129. The normalized spacial score (nSPS) is 11.9. The average molecular weight is 283 g/mol. The van der Waals surface area contributed by atoms with Crippen molar-refractivity contribution in [3.8, 4) is 0 Å². The summed E-state index contributed by atoms with van der Waals surface area (Å²) in [5.41, 5.74) is 9.07. The molecule has 2 rings (SSSR count). The molecule has 0 aliphatic heterocycles. The molecule has 1 atom stereocenters. The van der Waals surface area contributed by atoms with Crippen LogP contribution in [0.15, 0.2) is 48.7 Å². The van der Waals surface area contributed by atoms with Gasteiger partial charge in [-0.1, -0.05) is 36.4 Å². The van der Waals surface area contributed by atoms with E-state index in [4.69, 9.17) is 5.73 Å². The SMILES string of the molecule is Cc1cccnc1CNC(=O)[C@@H](N)CCc1ccccc1. The molecule has 0 saturated heterocycles. The molecule has 1 aromatic carbocycles. The summed E-state index contributed by atoms with van der Waals surface area (Å²) in [7, 11) is 0. The third-order valence-corrected chi connectivity index (χ3v) is 3.47. The standard InChI is InChI=1S/C17H21N3O/c1-13-6-5-11-19-16(13)12-20-17(21)15(18)10-9-14-7-3-2-4-8-14/h2-8,11,15H,9-10,12,18H2,1H3,(H,20,21)/t15-/m0/s1. The van der Waals surface area contributed by atoms with E-state index in [-0.39, 0.29) is 5.91 Å². The van der Waals surface area contributed by atoms with Crippen LogP contribution in [0.2, 0.25) is 0 Å². The van der Waals surface area contributed by atoms with E-state index in [1.807, 2.05) is 49.4 Å². The van der Waals surface area contributed by atoms with Crippen LogP contribution in [-0.2, 0) is 17.8 Å². The number of carbonyl (C=O) groups excluding carboxylic acids is 1. The van der Waals surface area contributed by atoms with Crippen molar-refractivity contribution in [1.82, 2.24) is 10.3 Å². The molecule has 0 fully saturated rings. The first-order valence-corrected chi connectivity index (χ1v) is 7.14. The largest absolute Gasteiger partial charge is 0.349 e. The van der Waals surface area contributed by atoms with Gasteiger partial charge in [-0.3, -0.25) is 9.78 Å². The van der Waals surface area contributed by atoms with Gasteiger partial charge in [-0.2, -0.15) is 0 Å². The first kappa shape index (κ1) is 15.2. The van der Waals surface area contributed by atoms with Crippen LogP contribution in [0.3, 0.4) is 0 Å². The molecule has 1 heterocycles. The average Bonchev–Trinajstić information content (AvgIpc) is 2.52. The van der Waals surface area contributed by atoms with Gasteiger partial charge in [0.2, 0.25) is 5.91 Å². The maximum atomic E-state index is 12.0. The number of nitrogens with zero attached hydrogens (tertiary/aromatic N) is 1. The number of aryl methyl sites for hydroxylation is 2. The van der Waals surface area contributed by atoms with Gasteiger partial charge in [0, 0.05) is 6.20 Å². The second kappa shape index (κ2) is 7.55. The topological polar surface area (TPSA) is 68.0 Å². The van der Waals surface area contributed by atoms with Gasteiger partial charge >= 0.3 is 0 Å². The lowest BCUT2D eigenvalue weighted by Gasteiger charge is -2.12. The third-order valence-electron chi connectivity index (χ3n) is 3.47. The van der Waals surface area contributed by atoms with E-state index in [0.717, 1.165) is 17.7 Å². The lowest BCUT2D eigenvalue weighted by Crippen LogP contribution is -2.40. The maximum absolute atomic E-state index is 12.0. The molecule has 0 aliphatic carbocycles. The number of hydrogen-bond acceptors (Lipinski definition) is 3. The summed E-state index contributed by atoms with van der Waals surface area (Å²) in [6, 6.07) is 13.4. The zero-order valence-electron chi connectivity index (χ0n) is 12.3. The molecule has 0 radical (unpaired) electrons. The molecule has 0 aliphatic rings. The molecule has 1 amide bonds. The number of aromatic nitrogens is 1. The van der Waals surface area contributed by atoms with Crippen molar-refractivity contribution in [2.45, 2.75) is 32.4 Å². The van der Waals surface area contributed by atoms with Gasteiger partial charge in [-0.25, -0.2) is 0 Å². The predicted octanol–water partition coefficient (Wildman–Crippen LogP) is 1.97. The molecule has 0 saturated carbocycles. The van der Waals surface area contributed by atoms with E-state index < -0.39 is 6.04 Å². The Kier molecular flexibility index (Phi) is 5.46. The molecule has 3 N–H and O–H groups in total. The van der Waals surface area contributed by atoms with Gasteiger partial charge in [-0.05, 0) is 37.0 Å². The molecule has 110 valence electrons. The Balaban J connectivity index is 1.79. The maximum Gasteiger partial charge on any atom is 0.237 e. The van der Waals surface area contributed by atoms with Gasteiger partial charge in [0.1, 0.15) is 0 Å². The minimum atomic E-state index is -0.491. The van der Waals surface area contributed by atoms with Crippen molar-refractivity contribution in [2.75, 3.05) is 0 Å². The minimum Gasteiger partial charge on any atom is -0.349 e. The van der Waals surface area contributed by atoms with Gasteiger partial charge in [0.25, 0.3) is 0 Å². The van der Waals surface area contributed by atoms with Crippen LogP contribution in [0.25, 0.3) is 0 Å². The highest BCUT2D eigenvalue weighted by Gasteiger charge is 2.13. The second-order valence-electron chi connectivity index (χ2n) is 5.12. The van der Waals surface area contributed by atoms with Gasteiger partial charge in [-0.15, -0.1) is 0 Å². The van der Waals surface area contributed by atoms with E-state index in [1.54, 1.807) is 6.20 Å². The van der Waals surface area contributed by atoms with E-state index >= 15 is 0 Å². The van der Waals surface area contributed by atoms with Crippen molar-refractivity contribution in [3.05, 3.63) is 65.5 Å². The van der Waals surface area contributed by atoms with Crippen molar-refractivity contribution in [2.24, 2.45) is 5.73 Å². The second-order valence-corrected chi connectivity index (χ2v) is 5.12. The fraction of sp³-hybridized carbons (Fsp3) is 0.294. The smallest absolute Gasteiger partial charge is 0.237 e. The van der Waals surface area contributed by atoms with Gasteiger partial charge < -0.3 is 11.1 Å². The van der Waals surface area contributed by atoms with Crippen molar-refractivity contribution in [3.63, 3.8) is 0 Å². The summed E-state index contributed by atoms with van der Waals surface area (Å²) in [5, 5.41) is 2.85. The third kappa shape index (κ3) is 4.68. The van der Waals surface area contributed by atoms with E-state index in [0.29, 0.717) is 13.0 Å². The van der Waals surface area contributed by atoms with Crippen LogP contribution in [0.1, 0.15) is 23.2 Å². The number of carbonyl (C=O) groups is 1. The van der Waals surface area contributed by atoms with Crippen LogP contribution in [0, 0.1) is 6.92 Å². The Morgan fingerprint density at radius 3 is 2.71 bits per heavy atom. The highest BCUT2D eigenvalue weighted by Crippen LogP contribution is 2.05. The summed E-state index contributed by atoms with van der Waals surface area (Å²) < 4.78 is 0. The highest BCUT2D eigenvalue weighted by molar-refractivity contribution is 5.81. The van der Waals surface area contributed by atoms with Gasteiger partial charge in [0.15, 0.2) is 0 Å². The fourth-order valence-electron chi connectivity index (χ4n) is 2.10. The monoisotopic (exact) mass is 283 g/mol. The Labute approximate surface area is 125 Å². The van der Waals surface area contributed by atoms with Crippen molar-refractivity contribution >= 4 is 5.91 Å². The van der Waals surface area contributed by atoms with Crippen LogP contribution >= 0.6 is 0 Å². The summed E-state index contributed by atoms with van der Waals surface area (Å²) in [4.78, 5) is 16.2. The quantitative estimate of drug-likeness (QED) is 0.851. The lowest BCUT2D eigenvalue weighted by atomic mass is 10.1. The fourth-order valence-corrected chi connectivity index (χ4v) is 2.10. The first-order chi connectivity index (χ1) is 10.2. The molecule has 2 aromatic rings. The lowest BCUT2D eigenvalue weighted by molar-refractivity contribution is -0.122. The zero-order valence-corrected chi connectivity index (χ0v) is 12.3. The summed E-state index contributed by atoms with van der Waals surface area (Å²) in [6.07, 6.45) is 3.17. The van der Waals surface area contributed by atoms with Crippen molar-refractivity contribution in [1.29, 1.82) is 0 Å². The van der Waals surface area contributed by atoms with Crippen molar-refractivity contribution < 1.29 is 4.79 Å². The predicted molar refractivity (Wildman–Crippen MR) is 83.6 cm³/mol. The number of hydrogen-bond donors (Lipinski definition) is 2. The zero-order chi connectivity index (χ0) is 15.1. The molecule has 0 unspecified atom stereocenters. The molecule has 0 spiro atoms. The van der Waals surface area contributed by atoms with Crippen LogP contribution in [-0.4, -0.2) is 16.9 Å². The van der Waals surface area contributed by atoms with E-state index in [1.165, 1.54) is 5.56 Å². The van der Waals surface area contributed by atoms with E-state index in [9.17, 15) is 4.79 Å². The molecular weight excluding hydrogens is 262 g/mol. The van der Waals surface area contributed by atoms with Crippen LogP contribution in [0.4, 0.5) is 0 Å². The summed E-state index contributed by atoms with van der Waals surface area (Å²) >= 11 is 0.